The van der Waals surface area contributed by atoms with Gasteiger partial charge in [-0.3, -0.25) is 0 Å². The summed E-state index contributed by atoms with van der Waals surface area (Å²) in [6.45, 7) is 2.11. The quantitative estimate of drug-likeness (QED) is 0.605. The minimum absolute atomic E-state index is 1.01. The second kappa shape index (κ2) is 4.35. The molecule has 12 heavy (non-hydrogen) atoms. The number of rotatable bonds is 2. The lowest BCUT2D eigenvalue weighted by Gasteiger charge is -2.00. The number of hydrogen-bond acceptors (Lipinski definition) is 1. The molecule has 0 fully saturated rings. The van der Waals surface area contributed by atoms with Gasteiger partial charge in [-0.15, -0.1) is 0 Å². The maximum absolute atomic E-state index is 8.35. The summed E-state index contributed by atoms with van der Waals surface area (Å²) in [5.41, 5.74) is 2.42. The Kier molecular flexibility index (Phi) is 3.10. The average molecular weight is 157 g/mol. The average Bonchev–Trinajstić information content (AvgIpc) is 2.15. The van der Waals surface area contributed by atoms with Crippen LogP contribution in [-0.2, 0) is 6.42 Å². The van der Waals surface area contributed by atoms with E-state index in [-0.39, 0.29) is 0 Å². The molecule has 0 saturated carbocycles. The zero-order chi connectivity index (χ0) is 8.81. The first-order valence-electron chi connectivity index (χ1n) is 4.02. The van der Waals surface area contributed by atoms with E-state index in [0.29, 0.717) is 0 Å². The van der Waals surface area contributed by atoms with Crippen LogP contribution in [0.5, 0.6) is 0 Å². The lowest BCUT2D eigenvalue weighted by Crippen LogP contribution is -1.83. The summed E-state index contributed by atoms with van der Waals surface area (Å²) in [5.74, 6) is 0. The topological polar surface area (TPSA) is 23.8 Å². The van der Waals surface area contributed by atoms with Crippen molar-refractivity contribution in [1.82, 2.24) is 0 Å². The summed E-state index contributed by atoms with van der Waals surface area (Å²) in [6.07, 6.45) is 4.36. The number of allylic oxidation sites excluding steroid dienone is 1. The van der Waals surface area contributed by atoms with Gasteiger partial charge in [0.25, 0.3) is 0 Å². The molecule has 60 valence electrons. The molecule has 1 rings (SSSR count). The van der Waals surface area contributed by atoms with Gasteiger partial charge in [-0.25, -0.2) is 0 Å². The van der Waals surface area contributed by atoms with E-state index in [1.807, 2.05) is 30.3 Å². The molecule has 0 aliphatic heterocycles. The zero-order valence-electron chi connectivity index (χ0n) is 7.12. The lowest BCUT2D eigenvalue weighted by molar-refractivity contribution is 1.13. The monoisotopic (exact) mass is 157 g/mol. The normalized spacial score (nSPS) is 10.0. The Morgan fingerprint density at radius 3 is 2.83 bits per heavy atom. The molecule has 1 nitrogen and oxygen atoms in total. The number of hydrogen-bond donors (Lipinski definition) is 0. The summed E-state index contributed by atoms with van der Waals surface area (Å²) in [6, 6.07) is 10.1. The van der Waals surface area contributed by atoms with Gasteiger partial charge in [0.15, 0.2) is 0 Å². The number of aryl methyl sites for hydroxylation is 1. The maximum Gasteiger partial charge on any atom is 0.0912 e. The first-order chi connectivity index (χ1) is 5.88. The molecule has 0 amide bonds. The first-order valence-corrected chi connectivity index (χ1v) is 4.02. The van der Waals surface area contributed by atoms with Gasteiger partial charge in [-0.05, 0) is 23.6 Å². The molecule has 0 unspecified atom stereocenters. The highest BCUT2D eigenvalue weighted by molar-refractivity contribution is 5.55. The van der Waals surface area contributed by atoms with Crippen molar-refractivity contribution in [3.63, 3.8) is 0 Å². The first kappa shape index (κ1) is 8.55. The molecule has 1 aromatic rings. The largest absolute Gasteiger partial charge is 0.193 e. The van der Waals surface area contributed by atoms with E-state index >= 15 is 0 Å². The Balaban J connectivity index is 2.99. The van der Waals surface area contributed by atoms with E-state index in [4.69, 9.17) is 5.26 Å². The van der Waals surface area contributed by atoms with Gasteiger partial charge in [0.2, 0.25) is 0 Å². The predicted octanol–water partition coefficient (Wildman–Crippen LogP) is 2.79. The molecule has 1 heteroatoms. The molecule has 0 radical (unpaired) electrons. The van der Waals surface area contributed by atoms with Crippen LogP contribution in [0.25, 0.3) is 6.08 Å². The Bertz CT molecular complexity index is 318. The SMILES string of the molecule is CCc1ccccc1C=CC#N. The predicted molar refractivity (Wildman–Crippen MR) is 50.5 cm³/mol. The standard InChI is InChI=1S/C11H11N/c1-2-10-6-3-4-7-11(10)8-5-9-12/h3-8H,2H2,1H3. The maximum atomic E-state index is 8.35. The molecule has 1 aromatic carbocycles. The van der Waals surface area contributed by atoms with Crippen LogP contribution in [0.4, 0.5) is 0 Å². The Hall–Kier alpha value is -1.55. The van der Waals surface area contributed by atoms with Gasteiger partial charge in [-0.1, -0.05) is 31.2 Å². The molecule has 0 aliphatic carbocycles. The molecule has 0 saturated heterocycles. The van der Waals surface area contributed by atoms with E-state index in [2.05, 4.69) is 13.0 Å². The fourth-order valence-corrected chi connectivity index (χ4v) is 1.15. The van der Waals surface area contributed by atoms with Crippen LogP contribution in [0.15, 0.2) is 30.3 Å². The molecule has 0 aliphatic rings. The molecular formula is C11H11N. The van der Waals surface area contributed by atoms with Crippen LogP contribution in [0, 0.1) is 11.3 Å². The van der Waals surface area contributed by atoms with Crippen molar-refractivity contribution in [3.8, 4) is 6.07 Å². The van der Waals surface area contributed by atoms with Crippen molar-refractivity contribution in [2.75, 3.05) is 0 Å². The minimum atomic E-state index is 1.01. The fourth-order valence-electron chi connectivity index (χ4n) is 1.15. The number of nitrogens with zero attached hydrogens (tertiary/aromatic N) is 1. The van der Waals surface area contributed by atoms with Crippen molar-refractivity contribution in [1.29, 1.82) is 5.26 Å². The van der Waals surface area contributed by atoms with Crippen molar-refractivity contribution in [3.05, 3.63) is 41.5 Å². The summed E-state index contributed by atoms with van der Waals surface area (Å²) < 4.78 is 0. The lowest BCUT2D eigenvalue weighted by atomic mass is 10.1. The minimum Gasteiger partial charge on any atom is -0.193 e. The Morgan fingerprint density at radius 2 is 2.17 bits per heavy atom. The number of nitriles is 1. The summed E-state index contributed by atoms with van der Waals surface area (Å²) in [4.78, 5) is 0. The second-order valence-corrected chi connectivity index (χ2v) is 2.51. The molecule has 0 aromatic heterocycles. The third-order valence-electron chi connectivity index (χ3n) is 1.77. The molecule has 0 bridgehead atoms. The summed E-state index contributed by atoms with van der Waals surface area (Å²) in [5, 5.41) is 8.35. The van der Waals surface area contributed by atoms with Crippen LogP contribution in [0.1, 0.15) is 18.1 Å². The zero-order valence-corrected chi connectivity index (χ0v) is 7.12. The van der Waals surface area contributed by atoms with Gasteiger partial charge in [0.05, 0.1) is 6.07 Å². The van der Waals surface area contributed by atoms with E-state index in [9.17, 15) is 0 Å². The van der Waals surface area contributed by atoms with E-state index in [1.54, 1.807) is 0 Å². The van der Waals surface area contributed by atoms with E-state index in [0.717, 1.165) is 12.0 Å². The van der Waals surface area contributed by atoms with Gasteiger partial charge in [0.1, 0.15) is 0 Å². The van der Waals surface area contributed by atoms with Crippen LogP contribution in [-0.4, -0.2) is 0 Å². The molecular weight excluding hydrogens is 146 g/mol. The van der Waals surface area contributed by atoms with Crippen molar-refractivity contribution in [2.45, 2.75) is 13.3 Å². The van der Waals surface area contributed by atoms with Crippen LogP contribution in [0.2, 0.25) is 0 Å². The molecule has 0 heterocycles. The Morgan fingerprint density at radius 1 is 1.42 bits per heavy atom. The third kappa shape index (κ3) is 1.96. The van der Waals surface area contributed by atoms with Crippen LogP contribution >= 0.6 is 0 Å². The van der Waals surface area contributed by atoms with Gasteiger partial charge < -0.3 is 0 Å². The highest BCUT2D eigenvalue weighted by atomic mass is 14.2. The van der Waals surface area contributed by atoms with Gasteiger partial charge in [-0.2, -0.15) is 5.26 Å². The van der Waals surface area contributed by atoms with Crippen molar-refractivity contribution >= 4 is 6.08 Å². The molecule has 0 atom stereocenters. The fraction of sp³-hybridized carbons (Fsp3) is 0.182. The number of benzene rings is 1. The van der Waals surface area contributed by atoms with Gasteiger partial charge >= 0.3 is 0 Å². The van der Waals surface area contributed by atoms with Crippen LogP contribution in [0.3, 0.4) is 0 Å². The van der Waals surface area contributed by atoms with E-state index in [1.165, 1.54) is 11.6 Å². The highest BCUT2D eigenvalue weighted by Gasteiger charge is 1.93. The smallest absolute Gasteiger partial charge is 0.0912 e. The Labute approximate surface area is 73.0 Å². The summed E-state index contributed by atoms with van der Waals surface area (Å²) in [7, 11) is 0. The van der Waals surface area contributed by atoms with Gasteiger partial charge in [0, 0.05) is 6.08 Å². The molecule has 0 spiro atoms. The molecule has 0 N–H and O–H groups in total. The van der Waals surface area contributed by atoms with Crippen molar-refractivity contribution in [2.24, 2.45) is 0 Å². The van der Waals surface area contributed by atoms with Crippen molar-refractivity contribution < 1.29 is 0 Å². The van der Waals surface area contributed by atoms with E-state index < -0.39 is 0 Å². The third-order valence-corrected chi connectivity index (χ3v) is 1.77. The second-order valence-electron chi connectivity index (χ2n) is 2.51. The van der Waals surface area contributed by atoms with Crippen LogP contribution < -0.4 is 0 Å². The summed E-state index contributed by atoms with van der Waals surface area (Å²) >= 11 is 0. The highest BCUT2D eigenvalue weighted by Crippen LogP contribution is 2.10.